The summed E-state index contributed by atoms with van der Waals surface area (Å²) < 4.78 is 2.39. The molecule has 4 heteroatoms. The Morgan fingerprint density at radius 2 is 0.917 bits per heavy atom. The van der Waals surface area contributed by atoms with Crippen LogP contribution in [0.3, 0.4) is 0 Å². The predicted molar refractivity (Wildman–Crippen MR) is 120 cm³/mol. The Morgan fingerprint density at radius 3 is 1.25 bits per heavy atom. The fourth-order valence-electron chi connectivity index (χ4n) is 3.91. The highest BCUT2D eigenvalue weighted by atomic mass is 79.9. The SMILES string of the molecule is CB(C)c1cc(Br)c2ccc3c(B(C)C)cc(Br)c4ccc1c2c43. The van der Waals surface area contributed by atoms with Crippen LogP contribution in [-0.4, -0.2) is 13.4 Å². The van der Waals surface area contributed by atoms with E-state index in [0.29, 0.717) is 13.4 Å². The van der Waals surface area contributed by atoms with Crippen LogP contribution in [0.25, 0.3) is 32.3 Å². The van der Waals surface area contributed by atoms with Crippen LogP contribution in [-0.2, 0) is 0 Å². The van der Waals surface area contributed by atoms with E-state index < -0.39 is 0 Å². The van der Waals surface area contributed by atoms with Gasteiger partial charge in [0.05, 0.1) is 0 Å². The molecule has 0 bridgehead atoms. The number of rotatable bonds is 2. The van der Waals surface area contributed by atoms with E-state index in [4.69, 9.17) is 0 Å². The van der Waals surface area contributed by atoms with E-state index in [1.807, 2.05) is 0 Å². The lowest BCUT2D eigenvalue weighted by atomic mass is 9.47. The van der Waals surface area contributed by atoms with E-state index in [0.717, 1.165) is 0 Å². The molecule has 0 saturated carbocycles. The van der Waals surface area contributed by atoms with Crippen molar-refractivity contribution >= 4 is 88.5 Å². The smallest absolute Gasteiger partial charge is 0.0819 e. The molecule has 0 atom stereocenters. The van der Waals surface area contributed by atoms with E-state index in [9.17, 15) is 0 Å². The van der Waals surface area contributed by atoms with Crippen LogP contribution in [0.2, 0.25) is 27.3 Å². The van der Waals surface area contributed by atoms with Gasteiger partial charge in [0.25, 0.3) is 0 Å². The summed E-state index contributed by atoms with van der Waals surface area (Å²) >= 11 is 7.63. The van der Waals surface area contributed by atoms with E-state index in [-0.39, 0.29) is 0 Å². The third kappa shape index (κ3) is 2.26. The minimum Gasteiger partial charge on any atom is -0.0819 e. The zero-order valence-corrected chi connectivity index (χ0v) is 17.5. The highest BCUT2D eigenvalue weighted by molar-refractivity contribution is 9.11. The Balaban J connectivity index is 2.34. The van der Waals surface area contributed by atoms with Crippen LogP contribution in [0, 0.1) is 0 Å². The summed E-state index contributed by atoms with van der Waals surface area (Å²) in [7, 11) is 0. The van der Waals surface area contributed by atoms with Crippen molar-refractivity contribution in [3.05, 3.63) is 45.3 Å². The van der Waals surface area contributed by atoms with Gasteiger partial charge >= 0.3 is 0 Å². The quantitative estimate of drug-likeness (QED) is 0.264. The zero-order valence-electron chi connectivity index (χ0n) is 14.4. The fourth-order valence-corrected chi connectivity index (χ4v) is 5.07. The molecule has 0 spiro atoms. The lowest BCUT2D eigenvalue weighted by molar-refractivity contribution is 1.75. The summed E-state index contributed by atoms with van der Waals surface area (Å²) in [6.07, 6.45) is 0. The molecular formula is C20H18B2Br2. The van der Waals surface area contributed by atoms with Gasteiger partial charge in [0, 0.05) is 8.95 Å². The van der Waals surface area contributed by atoms with Gasteiger partial charge in [-0.3, -0.25) is 0 Å². The Labute approximate surface area is 160 Å². The maximum Gasteiger partial charge on any atom is 0.170 e. The minimum atomic E-state index is 0.499. The van der Waals surface area contributed by atoms with Gasteiger partial charge < -0.3 is 0 Å². The van der Waals surface area contributed by atoms with Crippen molar-refractivity contribution in [3.8, 4) is 0 Å². The summed E-state index contributed by atoms with van der Waals surface area (Å²) in [6.45, 7) is 10.1. The number of benzene rings is 4. The molecule has 4 rings (SSSR count). The average Bonchev–Trinajstić information content (AvgIpc) is 2.54. The van der Waals surface area contributed by atoms with E-state index in [2.05, 4.69) is 95.6 Å². The van der Waals surface area contributed by atoms with Crippen LogP contribution in [0.1, 0.15) is 0 Å². The second-order valence-corrected chi connectivity index (χ2v) is 8.98. The van der Waals surface area contributed by atoms with Crippen molar-refractivity contribution in [2.45, 2.75) is 27.3 Å². The number of hydrogen-bond donors (Lipinski definition) is 0. The van der Waals surface area contributed by atoms with Crippen LogP contribution < -0.4 is 10.9 Å². The Bertz CT molecular complexity index is 996. The average molecular weight is 440 g/mol. The number of halogens is 2. The Morgan fingerprint density at radius 1 is 0.583 bits per heavy atom. The first-order chi connectivity index (χ1) is 11.4. The van der Waals surface area contributed by atoms with Crippen LogP contribution in [0.15, 0.2) is 45.3 Å². The van der Waals surface area contributed by atoms with Gasteiger partial charge in [-0.25, -0.2) is 0 Å². The maximum absolute atomic E-state index is 3.81. The standard InChI is InChI=1S/C20H18B2Br2/c1-21(2)15-9-17(23)13-8-6-12-16(22(3)4)10-18(24)14-7-5-11(15)19(13)20(12)14/h5-10H,1-4H3. The van der Waals surface area contributed by atoms with Gasteiger partial charge in [-0.05, 0) is 32.3 Å². The molecule has 0 N–H and O–H groups in total. The Hall–Kier alpha value is -0.990. The molecule has 4 aromatic rings. The summed E-state index contributed by atoms with van der Waals surface area (Å²) in [4.78, 5) is 0. The molecule has 118 valence electrons. The highest BCUT2D eigenvalue weighted by Crippen LogP contribution is 2.39. The largest absolute Gasteiger partial charge is 0.170 e. The molecule has 0 aromatic heterocycles. The van der Waals surface area contributed by atoms with E-state index >= 15 is 0 Å². The molecule has 0 saturated heterocycles. The predicted octanol–water partition coefficient (Wildman–Crippen LogP) is 6.03. The van der Waals surface area contributed by atoms with Gasteiger partial charge in [-0.2, -0.15) is 0 Å². The topological polar surface area (TPSA) is 0 Å². The summed E-state index contributed by atoms with van der Waals surface area (Å²) in [5.74, 6) is 0. The molecule has 0 heterocycles. The second-order valence-electron chi connectivity index (χ2n) is 7.28. The van der Waals surface area contributed by atoms with Gasteiger partial charge in [0.2, 0.25) is 0 Å². The third-order valence-corrected chi connectivity index (χ3v) is 6.42. The molecule has 0 aliphatic carbocycles. The monoisotopic (exact) mass is 438 g/mol. The molecule has 0 nitrogen and oxygen atoms in total. The van der Waals surface area contributed by atoms with Crippen molar-refractivity contribution < 1.29 is 0 Å². The van der Waals surface area contributed by atoms with Crippen molar-refractivity contribution in [2.24, 2.45) is 0 Å². The summed E-state index contributed by atoms with van der Waals surface area (Å²) in [5, 5.41) is 8.17. The minimum absolute atomic E-state index is 0.499. The van der Waals surface area contributed by atoms with Crippen molar-refractivity contribution in [3.63, 3.8) is 0 Å². The van der Waals surface area contributed by atoms with Gasteiger partial charge in [0.15, 0.2) is 13.4 Å². The molecule has 4 aromatic carbocycles. The lowest BCUT2D eigenvalue weighted by Crippen LogP contribution is -2.25. The van der Waals surface area contributed by atoms with Crippen molar-refractivity contribution in [2.75, 3.05) is 0 Å². The molecule has 0 amide bonds. The fraction of sp³-hybridized carbons (Fsp3) is 0.200. The Kier molecular flexibility index (Phi) is 3.97. The van der Waals surface area contributed by atoms with Crippen molar-refractivity contribution in [1.29, 1.82) is 0 Å². The first-order valence-corrected chi connectivity index (χ1v) is 10.1. The molecule has 0 aliphatic heterocycles. The summed E-state index contributed by atoms with van der Waals surface area (Å²) in [6, 6.07) is 13.7. The molecule has 0 unspecified atom stereocenters. The summed E-state index contributed by atoms with van der Waals surface area (Å²) in [5.41, 5.74) is 2.82. The molecular weight excluding hydrogens is 422 g/mol. The molecule has 0 fully saturated rings. The molecule has 0 aliphatic rings. The van der Waals surface area contributed by atoms with Crippen LogP contribution in [0.4, 0.5) is 0 Å². The molecule has 24 heavy (non-hydrogen) atoms. The second kappa shape index (κ2) is 5.78. The van der Waals surface area contributed by atoms with E-state index in [1.54, 1.807) is 0 Å². The van der Waals surface area contributed by atoms with Gasteiger partial charge in [0.1, 0.15) is 0 Å². The van der Waals surface area contributed by atoms with Crippen LogP contribution in [0.5, 0.6) is 0 Å². The lowest BCUT2D eigenvalue weighted by Gasteiger charge is -2.19. The third-order valence-electron chi connectivity index (χ3n) is 5.11. The first kappa shape index (κ1) is 16.5. The zero-order chi connectivity index (χ0) is 17.2. The highest BCUT2D eigenvalue weighted by Gasteiger charge is 2.19. The number of hydrogen-bond acceptors (Lipinski definition) is 0. The maximum atomic E-state index is 3.81. The normalized spacial score (nSPS) is 11.8. The van der Waals surface area contributed by atoms with Gasteiger partial charge in [-0.1, -0.05) is 106 Å². The van der Waals surface area contributed by atoms with Crippen molar-refractivity contribution in [1.82, 2.24) is 0 Å². The first-order valence-electron chi connectivity index (χ1n) is 8.49. The molecule has 0 radical (unpaired) electrons. The van der Waals surface area contributed by atoms with Crippen LogP contribution >= 0.6 is 31.9 Å². The van der Waals surface area contributed by atoms with E-state index in [1.165, 1.54) is 52.2 Å². The van der Waals surface area contributed by atoms with Gasteiger partial charge in [-0.15, -0.1) is 0 Å².